The van der Waals surface area contributed by atoms with E-state index in [-0.39, 0.29) is 17.8 Å². The van der Waals surface area contributed by atoms with Crippen molar-refractivity contribution in [2.45, 2.75) is 6.92 Å². The fourth-order valence-corrected chi connectivity index (χ4v) is 2.54. The van der Waals surface area contributed by atoms with Gasteiger partial charge in [-0.15, -0.1) is 0 Å². The number of likely N-dealkylation sites (N-methyl/N-ethyl adjacent to an activating group) is 1. The van der Waals surface area contributed by atoms with Crippen LogP contribution in [0.1, 0.15) is 12.5 Å². The van der Waals surface area contributed by atoms with Crippen molar-refractivity contribution in [3.05, 3.63) is 71.4 Å². The second kappa shape index (κ2) is 6.23. The van der Waals surface area contributed by atoms with Gasteiger partial charge in [0.25, 0.3) is 11.8 Å². The van der Waals surface area contributed by atoms with Crippen LogP contribution in [0.2, 0.25) is 0 Å². The van der Waals surface area contributed by atoms with E-state index in [0.717, 1.165) is 4.90 Å². The van der Waals surface area contributed by atoms with Crippen LogP contribution in [0, 0.1) is 11.6 Å². The molecular formula is C18H14F2N2O2. The molecule has 0 bridgehead atoms. The molecular weight excluding hydrogens is 314 g/mol. The highest BCUT2D eigenvalue weighted by molar-refractivity contribution is 6.36. The lowest BCUT2D eigenvalue weighted by Gasteiger charge is -2.12. The maximum atomic E-state index is 13.1. The Morgan fingerprint density at radius 3 is 1.96 bits per heavy atom. The van der Waals surface area contributed by atoms with E-state index in [2.05, 4.69) is 5.32 Å². The first-order valence-corrected chi connectivity index (χ1v) is 7.40. The molecule has 0 spiro atoms. The highest BCUT2D eigenvalue weighted by Crippen LogP contribution is 2.30. The molecule has 0 aliphatic carbocycles. The summed E-state index contributed by atoms with van der Waals surface area (Å²) in [4.78, 5) is 26.1. The van der Waals surface area contributed by atoms with E-state index in [9.17, 15) is 18.4 Å². The molecule has 0 saturated heterocycles. The van der Waals surface area contributed by atoms with Gasteiger partial charge >= 0.3 is 0 Å². The molecule has 2 aromatic carbocycles. The molecule has 0 fully saturated rings. The van der Waals surface area contributed by atoms with Crippen molar-refractivity contribution < 1.29 is 18.4 Å². The predicted octanol–water partition coefficient (Wildman–Crippen LogP) is 3.18. The zero-order chi connectivity index (χ0) is 17.3. The Labute approximate surface area is 137 Å². The summed E-state index contributed by atoms with van der Waals surface area (Å²) in [5, 5.41) is 2.88. The first-order chi connectivity index (χ1) is 11.5. The molecule has 0 atom stereocenters. The minimum atomic E-state index is -0.467. The Morgan fingerprint density at radius 2 is 1.42 bits per heavy atom. The summed E-state index contributed by atoms with van der Waals surface area (Å²) in [5.41, 5.74) is 1.19. The Morgan fingerprint density at radius 1 is 0.875 bits per heavy atom. The largest absolute Gasteiger partial charge is 0.350 e. The zero-order valence-corrected chi connectivity index (χ0v) is 12.8. The van der Waals surface area contributed by atoms with Gasteiger partial charge in [-0.05, 0) is 48.9 Å². The van der Waals surface area contributed by atoms with Gasteiger partial charge < -0.3 is 5.32 Å². The lowest BCUT2D eigenvalue weighted by Crippen LogP contribution is -2.32. The van der Waals surface area contributed by atoms with Crippen molar-refractivity contribution in [2.75, 3.05) is 11.9 Å². The summed E-state index contributed by atoms with van der Waals surface area (Å²) in [6.07, 6.45) is 0. The highest BCUT2D eigenvalue weighted by Gasteiger charge is 2.38. The van der Waals surface area contributed by atoms with Gasteiger partial charge in [0.05, 0.1) is 5.57 Å². The molecule has 24 heavy (non-hydrogen) atoms. The normalized spacial score (nSPS) is 14.5. The summed E-state index contributed by atoms with van der Waals surface area (Å²) in [5.74, 6) is -1.75. The number of carbonyl (C=O) groups is 2. The second-order valence-corrected chi connectivity index (χ2v) is 5.24. The van der Waals surface area contributed by atoms with Gasteiger partial charge in [0, 0.05) is 12.2 Å². The minimum Gasteiger partial charge on any atom is -0.350 e. The zero-order valence-electron chi connectivity index (χ0n) is 12.8. The first-order valence-electron chi connectivity index (χ1n) is 7.40. The number of rotatable bonds is 4. The number of anilines is 1. The van der Waals surface area contributed by atoms with E-state index in [4.69, 9.17) is 0 Å². The average Bonchev–Trinajstić information content (AvgIpc) is 2.81. The molecule has 0 unspecified atom stereocenters. The number of amides is 2. The van der Waals surface area contributed by atoms with E-state index >= 15 is 0 Å². The van der Waals surface area contributed by atoms with Crippen molar-refractivity contribution in [1.29, 1.82) is 0 Å². The lowest BCUT2D eigenvalue weighted by atomic mass is 10.0. The van der Waals surface area contributed by atoms with Crippen molar-refractivity contribution >= 4 is 23.1 Å². The molecule has 1 N–H and O–H groups in total. The van der Waals surface area contributed by atoms with Gasteiger partial charge in [0.1, 0.15) is 17.3 Å². The molecule has 6 heteroatoms. The maximum absolute atomic E-state index is 13.1. The summed E-state index contributed by atoms with van der Waals surface area (Å²) in [6, 6.07) is 10.8. The van der Waals surface area contributed by atoms with Crippen LogP contribution in [0.25, 0.3) is 5.57 Å². The third-order valence-corrected chi connectivity index (χ3v) is 3.73. The third-order valence-electron chi connectivity index (χ3n) is 3.73. The number of carbonyl (C=O) groups excluding carboxylic acids is 2. The van der Waals surface area contributed by atoms with Gasteiger partial charge in [-0.25, -0.2) is 8.78 Å². The van der Waals surface area contributed by atoms with E-state index in [1.54, 1.807) is 6.92 Å². The summed E-state index contributed by atoms with van der Waals surface area (Å²) >= 11 is 0. The summed E-state index contributed by atoms with van der Waals surface area (Å²) in [6.45, 7) is 1.91. The summed E-state index contributed by atoms with van der Waals surface area (Å²) in [7, 11) is 0. The van der Waals surface area contributed by atoms with Crippen molar-refractivity contribution in [2.24, 2.45) is 0 Å². The molecule has 2 amide bonds. The van der Waals surface area contributed by atoms with E-state index < -0.39 is 23.4 Å². The van der Waals surface area contributed by atoms with Crippen LogP contribution < -0.4 is 5.32 Å². The minimum absolute atomic E-state index is 0.0973. The first kappa shape index (κ1) is 15.9. The number of imide groups is 1. The highest BCUT2D eigenvalue weighted by atomic mass is 19.1. The Balaban J connectivity index is 2.07. The van der Waals surface area contributed by atoms with Gasteiger partial charge in [-0.1, -0.05) is 12.1 Å². The average molecular weight is 328 g/mol. The number of hydrogen-bond donors (Lipinski definition) is 1. The molecule has 0 saturated carbocycles. The van der Waals surface area contributed by atoms with Crippen molar-refractivity contribution in [3.8, 4) is 0 Å². The van der Waals surface area contributed by atoms with Crippen molar-refractivity contribution in [3.63, 3.8) is 0 Å². The number of nitrogens with zero attached hydrogens (tertiary/aromatic N) is 1. The predicted molar refractivity (Wildman–Crippen MR) is 85.7 cm³/mol. The Bertz CT molecular complexity index is 827. The van der Waals surface area contributed by atoms with Crippen LogP contribution in [-0.2, 0) is 9.59 Å². The van der Waals surface area contributed by atoms with Crippen LogP contribution in [0.4, 0.5) is 14.5 Å². The van der Waals surface area contributed by atoms with E-state index in [0.29, 0.717) is 11.3 Å². The van der Waals surface area contributed by atoms with Crippen LogP contribution >= 0.6 is 0 Å². The van der Waals surface area contributed by atoms with Gasteiger partial charge in [-0.2, -0.15) is 0 Å². The molecule has 1 aliphatic heterocycles. The fourth-order valence-electron chi connectivity index (χ4n) is 2.54. The Hall–Kier alpha value is -3.02. The third kappa shape index (κ3) is 2.78. The van der Waals surface area contributed by atoms with Gasteiger partial charge in [0.15, 0.2) is 0 Å². The molecule has 0 radical (unpaired) electrons. The van der Waals surface area contributed by atoms with Crippen LogP contribution in [0.3, 0.4) is 0 Å². The van der Waals surface area contributed by atoms with Crippen LogP contribution in [-0.4, -0.2) is 23.3 Å². The van der Waals surface area contributed by atoms with Gasteiger partial charge in [-0.3, -0.25) is 14.5 Å². The molecule has 122 valence electrons. The second-order valence-electron chi connectivity index (χ2n) is 5.24. The van der Waals surface area contributed by atoms with E-state index in [1.807, 2.05) is 0 Å². The number of halogens is 2. The Kier molecular flexibility index (Phi) is 4.12. The molecule has 1 aliphatic rings. The van der Waals surface area contributed by atoms with E-state index in [1.165, 1.54) is 48.5 Å². The molecule has 4 nitrogen and oxygen atoms in total. The fraction of sp³-hybridized carbons (Fsp3) is 0.111. The lowest BCUT2D eigenvalue weighted by molar-refractivity contribution is -0.136. The SMILES string of the molecule is CCN1C(=O)C(Nc2ccc(F)cc2)=C(c2ccc(F)cc2)C1=O. The molecule has 0 aromatic heterocycles. The van der Waals surface area contributed by atoms with Crippen LogP contribution in [0.5, 0.6) is 0 Å². The molecule has 3 rings (SSSR count). The number of nitrogens with one attached hydrogen (secondary N) is 1. The summed E-state index contributed by atoms with van der Waals surface area (Å²) < 4.78 is 26.2. The standard InChI is InChI=1S/C18H14F2N2O2/c1-2-22-17(23)15(11-3-5-12(19)6-4-11)16(18(22)24)21-14-9-7-13(20)8-10-14/h3-10,21H,2H2,1H3. The van der Waals surface area contributed by atoms with Crippen molar-refractivity contribution in [1.82, 2.24) is 4.90 Å². The molecule has 1 heterocycles. The number of hydrogen-bond acceptors (Lipinski definition) is 3. The maximum Gasteiger partial charge on any atom is 0.278 e. The quantitative estimate of drug-likeness (QED) is 0.877. The monoisotopic (exact) mass is 328 g/mol. The molecule has 2 aromatic rings. The van der Waals surface area contributed by atoms with Gasteiger partial charge in [0.2, 0.25) is 0 Å². The smallest absolute Gasteiger partial charge is 0.278 e. The van der Waals surface area contributed by atoms with Crippen LogP contribution in [0.15, 0.2) is 54.2 Å². The number of benzene rings is 2. The topological polar surface area (TPSA) is 49.4 Å².